The number of aromatic nitrogens is 1. The van der Waals surface area contributed by atoms with E-state index >= 15 is 0 Å². The molecule has 2 aliphatic rings. The van der Waals surface area contributed by atoms with Gasteiger partial charge in [-0.15, -0.1) is 13.2 Å². The number of piperazine rings is 1. The van der Waals surface area contributed by atoms with Gasteiger partial charge in [0, 0.05) is 79.5 Å². The van der Waals surface area contributed by atoms with Gasteiger partial charge in [-0.1, -0.05) is 48.0 Å². The van der Waals surface area contributed by atoms with Gasteiger partial charge in [-0.05, 0) is 60.0 Å². The zero-order chi connectivity index (χ0) is 27.7. The first-order valence-electron chi connectivity index (χ1n) is 13.7. The van der Waals surface area contributed by atoms with E-state index in [0.29, 0.717) is 6.04 Å². The highest BCUT2D eigenvalue weighted by molar-refractivity contribution is 6.31. The van der Waals surface area contributed by atoms with Crippen molar-refractivity contribution in [2.24, 2.45) is 0 Å². The number of benzene rings is 3. The summed E-state index contributed by atoms with van der Waals surface area (Å²) in [6, 6.07) is 21.2. The molecule has 0 spiro atoms. The van der Waals surface area contributed by atoms with E-state index in [-0.39, 0.29) is 5.75 Å². The lowest BCUT2D eigenvalue weighted by Gasteiger charge is -2.35. The van der Waals surface area contributed by atoms with Gasteiger partial charge in [-0.3, -0.25) is 9.80 Å². The monoisotopic (exact) mass is 568 g/mol. The Morgan fingerprint density at radius 3 is 2.30 bits per heavy atom. The van der Waals surface area contributed by atoms with Gasteiger partial charge < -0.3 is 14.6 Å². The Kier molecular flexibility index (Phi) is 7.77. The molecule has 0 amide bonds. The standard InChI is InChI=1S/C31H32ClF3N4O/c32-29-4-2-1-3-24(29)20-38-15-13-37(14-16-38)19-22-5-10-30-27(17-22)28(21-39(30)25-11-12-36-18-25)23-6-8-26(9-7-23)40-31(33,34)35/h1-10,17,21,25,36H,11-16,18-20H2. The lowest BCUT2D eigenvalue weighted by atomic mass is 10.0. The SMILES string of the molecule is FC(F)(F)Oc1ccc(-c2cn(C3CCNC3)c3ccc(CN4CCN(Cc5ccccc5Cl)CC4)cc23)cc1. The molecule has 1 atom stereocenters. The zero-order valence-electron chi connectivity index (χ0n) is 22.1. The van der Waals surface area contributed by atoms with Crippen LogP contribution in [-0.2, 0) is 13.1 Å². The van der Waals surface area contributed by atoms with Crippen molar-refractivity contribution in [3.05, 3.63) is 89.1 Å². The lowest BCUT2D eigenvalue weighted by molar-refractivity contribution is -0.274. The van der Waals surface area contributed by atoms with Crippen LogP contribution in [0.5, 0.6) is 5.75 Å². The van der Waals surface area contributed by atoms with Gasteiger partial charge in [-0.2, -0.15) is 0 Å². The minimum atomic E-state index is -4.71. The molecule has 0 bridgehead atoms. The van der Waals surface area contributed by atoms with Crippen molar-refractivity contribution in [1.82, 2.24) is 19.7 Å². The lowest BCUT2D eigenvalue weighted by Crippen LogP contribution is -2.45. The molecule has 210 valence electrons. The van der Waals surface area contributed by atoms with Crippen LogP contribution in [0.25, 0.3) is 22.0 Å². The Morgan fingerprint density at radius 1 is 0.900 bits per heavy atom. The van der Waals surface area contributed by atoms with Crippen LogP contribution in [-0.4, -0.2) is 60.0 Å². The Labute approximate surface area is 237 Å². The van der Waals surface area contributed by atoms with Crippen molar-refractivity contribution in [3.63, 3.8) is 0 Å². The van der Waals surface area contributed by atoms with E-state index in [0.717, 1.165) is 91.4 Å². The van der Waals surface area contributed by atoms with E-state index in [1.807, 2.05) is 18.2 Å². The van der Waals surface area contributed by atoms with Crippen LogP contribution in [0, 0.1) is 0 Å². The normalized spacial score (nSPS) is 18.9. The van der Waals surface area contributed by atoms with Gasteiger partial charge >= 0.3 is 6.36 Å². The van der Waals surface area contributed by atoms with E-state index in [9.17, 15) is 13.2 Å². The minimum absolute atomic E-state index is 0.214. The predicted molar refractivity (Wildman–Crippen MR) is 153 cm³/mol. The van der Waals surface area contributed by atoms with Gasteiger partial charge in [0.2, 0.25) is 0 Å². The Morgan fingerprint density at radius 2 is 1.62 bits per heavy atom. The van der Waals surface area contributed by atoms with E-state index in [1.165, 1.54) is 17.7 Å². The summed E-state index contributed by atoms with van der Waals surface area (Å²) in [5.74, 6) is -0.214. The fourth-order valence-corrected chi connectivity index (χ4v) is 6.07. The molecule has 1 unspecified atom stereocenters. The molecule has 0 aliphatic carbocycles. The van der Waals surface area contributed by atoms with Crippen LogP contribution in [0.2, 0.25) is 5.02 Å². The van der Waals surface area contributed by atoms with Crippen molar-refractivity contribution in [3.8, 4) is 16.9 Å². The second-order valence-corrected chi connectivity index (χ2v) is 11.1. The average Bonchev–Trinajstić information content (AvgIpc) is 3.59. The second-order valence-electron chi connectivity index (χ2n) is 10.7. The summed E-state index contributed by atoms with van der Waals surface area (Å²) in [6.45, 7) is 7.51. The van der Waals surface area contributed by atoms with Crippen molar-refractivity contribution in [1.29, 1.82) is 0 Å². The zero-order valence-corrected chi connectivity index (χ0v) is 22.9. The number of hydrogen-bond acceptors (Lipinski definition) is 4. The third kappa shape index (κ3) is 6.15. The largest absolute Gasteiger partial charge is 0.573 e. The Bertz CT molecular complexity index is 1460. The summed E-state index contributed by atoms with van der Waals surface area (Å²) < 4.78 is 44.4. The molecule has 9 heteroatoms. The number of nitrogens with zero attached hydrogens (tertiary/aromatic N) is 3. The van der Waals surface area contributed by atoms with E-state index in [1.54, 1.807) is 12.1 Å². The molecule has 0 saturated carbocycles. The van der Waals surface area contributed by atoms with Gasteiger partial charge in [-0.25, -0.2) is 0 Å². The minimum Gasteiger partial charge on any atom is -0.406 e. The maximum Gasteiger partial charge on any atom is 0.573 e. The van der Waals surface area contributed by atoms with Crippen LogP contribution in [0.1, 0.15) is 23.6 Å². The van der Waals surface area contributed by atoms with E-state index < -0.39 is 6.36 Å². The summed E-state index contributed by atoms with van der Waals surface area (Å²) in [6.07, 6.45) is -1.51. The van der Waals surface area contributed by atoms with Gasteiger partial charge in [0.15, 0.2) is 0 Å². The second kappa shape index (κ2) is 11.4. The van der Waals surface area contributed by atoms with E-state index in [2.05, 4.69) is 54.9 Å². The molecular weight excluding hydrogens is 537 g/mol. The first kappa shape index (κ1) is 27.1. The number of ether oxygens (including phenoxy) is 1. The maximum atomic E-state index is 12.7. The van der Waals surface area contributed by atoms with E-state index in [4.69, 9.17) is 11.6 Å². The fourth-order valence-electron chi connectivity index (χ4n) is 5.88. The van der Waals surface area contributed by atoms with Crippen molar-refractivity contribution in [2.45, 2.75) is 31.9 Å². The molecule has 2 fully saturated rings. The molecule has 3 aromatic carbocycles. The number of nitrogens with one attached hydrogen (secondary N) is 1. The summed E-state index contributed by atoms with van der Waals surface area (Å²) in [5, 5.41) is 5.37. The molecule has 0 radical (unpaired) electrons. The Balaban J connectivity index is 1.21. The highest BCUT2D eigenvalue weighted by Crippen LogP contribution is 2.36. The van der Waals surface area contributed by atoms with Crippen LogP contribution >= 0.6 is 11.6 Å². The highest BCUT2D eigenvalue weighted by atomic mass is 35.5. The highest BCUT2D eigenvalue weighted by Gasteiger charge is 2.31. The topological polar surface area (TPSA) is 32.7 Å². The first-order chi connectivity index (χ1) is 19.3. The third-order valence-electron chi connectivity index (χ3n) is 7.95. The molecule has 6 rings (SSSR count). The molecule has 2 saturated heterocycles. The quantitative estimate of drug-likeness (QED) is 0.268. The molecule has 40 heavy (non-hydrogen) atoms. The summed E-state index contributed by atoms with van der Waals surface area (Å²) in [4.78, 5) is 4.92. The molecule has 4 aromatic rings. The number of rotatable bonds is 7. The van der Waals surface area contributed by atoms with Crippen LogP contribution in [0.4, 0.5) is 13.2 Å². The number of hydrogen-bond donors (Lipinski definition) is 1. The van der Waals surface area contributed by atoms with Crippen molar-refractivity contribution < 1.29 is 17.9 Å². The average molecular weight is 569 g/mol. The molecule has 1 N–H and O–H groups in total. The molecular formula is C31H32ClF3N4O. The maximum absolute atomic E-state index is 12.7. The first-order valence-corrected chi connectivity index (χ1v) is 14.1. The fraction of sp³-hybridized carbons (Fsp3) is 0.355. The molecule has 5 nitrogen and oxygen atoms in total. The third-order valence-corrected chi connectivity index (χ3v) is 8.32. The van der Waals surface area contributed by atoms with Crippen LogP contribution < -0.4 is 10.1 Å². The predicted octanol–water partition coefficient (Wildman–Crippen LogP) is 6.71. The van der Waals surface area contributed by atoms with Crippen LogP contribution in [0.15, 0.2) is 72.9 Å². The molecule has 3 heterocycles. The summed E-state index contributed by atoms with van der Waals surface area (Å²) in [5.41, 5.74) is 5.43. The van der Waals surface area contributed by atoms with Crippen LogP contribution in [0.3, 0.4) is 0 Å². The summed E-state index contributed by atoms with van der Waals surface area (Å²) in [7, 11) is 0. The number of halogens is 4. The Hall–Kier alpha value is -3.04. The van der Waals surface area contributed by atoms with Crippen molar-refractivity contribution in [2.75, 3.05) is 39.3 Å². The van der Waals surface area contributed by atoms with Gasteiger partial charge in [0.25, 0.3) is 0 Å². The van der Waals surface area contributed by atoms with Gasteiger partial charge in [0.1, 0.15) is 5.75 Å². The number of fused-ring (bicyclic) bond motifs is 1. The summed E-state index contributed by atoms with van der Waals surface area (Å²) >= 11 is 6.37. The smallest absolute Gasteiger partial charge is 0.406 e. The van der Waals surface area contributed by atoms with Gasteiger partial charge in [0.05, 0.1) is 0 Å². The van der Waals surface area contributed by atoms with Crippen molar-refractivity contribution >= 4 is 22.5 Å². The molecule has 2 aliphatic heterocycles. The number of alkyl halides is 3. The molecule has 1 aromatic heterocycles.